The van der Waals surface area contributed by atoms with Crippen LogP contribution in [0.15, 0.2) is 0 Å². The summed E-state index contributed by atoms with van der Waals surface area (Å²) in [7, 11) is 0. The molecule has 0 atom stereocenters. The van der Waals surface area contributed by atoms with Gasteiger partial charge in [-0.25, -0.2) is 0 Å². The Balaban J connectivity index is 2.44. The van der Waals surface area contributed by atoms with Gasteiger partial charge in [-0.05, 0) is 44.9 Å². The molecule has 0 aliphatic heterocycles. The topological polar surface area (TPSA) is 20.3 Å². The molecule has 0 bridgehead atoms. The van der Waals surface area contributed by atoms with E-state index >= 15 is 0 Å². The third-order valence-corrected chi connectivity index (χ3v) is 3.55. The van der Waals surface area contributed by atoms with E-state index in [9.17, 15) is 4.79 Å². The Labute approximate surface area is 94.0 Å². The average Bonchev–Trinajstić information content (AvgIpc) is 2.26. The molecule has 0 aromatic rings. The summed E-state index contributed by atoms with van der Waals surface area (Å²) in [5.41, 5.74) is 0. The Morgan fingerprint density at radius 3 is 2.27 bits per heavy atom. The molecule has 1 rings (SSSR count). The van der Waals surface area contributed by atoms with Crippen LogP contribution >= 0.6 is 0 Å². The van der Waals surface area contributed by atoms with Crippen molar-refractivity contribution in [2.75, 3.05) is 13.1 Å². The molecule has 0 N–H and O–H groups in total. The number of hydrogen-bond acceptors (Lipinski definition) is 1. The van der Waals surface area contributed by atoms with Gasteiger partial charge in [0.1, 0.15) is 0 Å². The number of carbonyl (C=O) groups is 1. The van der Waals surface area contributed by atoms with Crippen molar-refractivity contribution in [1.29, 1.82) is 0 Å². The van der Waals surface area contributed by atoms with E-state index in [1.807, 2.05) is 4.90 Å². The lowest BCUT2D eigenvalue weighted by atomic mass is 9.82. The van der Waals surface area contributed by atoms with Crippen LogP contribution in [-0.4, -0.2) is 23.9 Å². The molecule has 1 aliphatic carbocycles. The van der Waals surface area contributed by atoms with E-state index in [1.165, 1.54) is 12.8 Å². The van der Waals surface area contributed by atoms with Crippen LogP contribution in [0.5, 0.6) is 0 Å². The van der Waals surface area contributed by atoms with Gasteiger partial charge >= 0.3 is 0 Å². The van der Waals surface area contributed by atoms with Crippen LogP contribution < -0.4 is 0 Å². The number of nitrogens with zero attached hydrogens (tertiary/aromatic N) is 1. The van der Waals surface area contributed by atoms with E-state index in [4.69, 9.17) is 0 Å². The van der Waals surface area contributed by atoms with E-state index in [-0.39, 0.29) is 0 Å². The Kier molecular flexibility index (Phi) is 5.13. The predicted octanol–water partition coefficient (Wildman–Crippen LogP) is 3.07. The first-order valence-corrected chi connectivity index (χ1v) is 6.47. The quantitative estimate of drug-likeness (QED) is 0.700. The van der Waals surface area contributed by atoms with Crippen LogP contribution in [0.3, 0.4) is 0 Å². The van der Waals surface area contributed by atoms with Gasteiger partial charge in [0.15, 0.2) is 0 Å². The highest BCUT2D eigenvalue weighted by Crippen LogP contribution is 2.29. The van der Waals surface area contributed by atoms with Gasteiger partial charge in [-0.1, -0.05) is 13.8 Å². The van der Waals surface area contributed by atoms with Crippen molar-refractivity contribution in [2.24, 2.45) is 11.8 Å². The monoisotopic (exact) mass is 211 g/mol. The highest BCUT2D eigenvalue weighted by atomic mass is 16.2. The summed E-state index contributed by atoms with van der Waals surface area (Å²) >= 11 is 0. The first kappa shape index (κ1) is 12.5. The zero-order valence-corrected chi connectivity index (χ0v) is 10.5. The third kappa shape index (κ3) is 3.51. The molecule has 0 aromatic heterocycles. The van der Waals surface area contributed by atoms with Crippen molar-refractivity contribution in [2.45, 2.75) is 52.9 Å². The normalized spacial score (nSPS) is 26.3. The molecule has 1 saturated carbocycles. The average molecular weight is 211 g/mol. The summed E-state index contributed by atoms with van der Waals surface area (Å²) in [6, 6.07) is 0. The van der Waals surface area contributed by atoms with Gasteiger partial charge in [-0.3, -0.25) is 4.79 Å². The van der Waals surface area contributed by atoms with Crippen LogP contribution in [0.4, 0.5) is 0 Å². The number of rotatable bonds is 4. The lowest BCUT2D eigenvalue weighted by molar-refractivity contribution is -0.136. The van der Waals surface area contributed by atoms with Crippen LogP contribution in [-0.2, 0) is 4.79 Å². The Morgan fingerprint density at radius 2 is 1.80 bits per heavy atom. The summed E-state index contributed by atoms with van der Waals surface area (Å²) in [6.45, 7) is 8.32. The molecule has 1 aliphatic rings. The molecule has 88 valence electrons. The minimum absolute atomic E-state index is 0.327. The van der Waals surface area contributed by atoms with Gasteiger partial charge in [-0.2, -0.15) is 0 Å². The van der Waals surface area contributed by atoms with Gasteiger partial charge in [0.25, 0.3) is 0 Å². The minimum atomic E-state index is 0.327. The highest BCUT2D eigenvalue weighted by molar-refractivity contribution is 5.78. The summed E-state index contributed by atoms with van der Waals surface area (Å²) in [4.78, 5) is 14.2. The van der Waals surface area contributed by atoms with Crippen LogP contribution in [0.1, 0.15) is 52.9 Å². The molecule has 1 amide bonds. The molecular formula is C13H25NO. The Morgan fingerprint density at radius 1 is 1.20 bits per heavy atom. The maximum atomic E-state index is 12.2. The molecule has 0 heterocycles. The summed E-state index contributed by atoms with van der Waals surface area (Å²) in [5, 5.41) is 0. The highest BCUT2D eigenvalue weighted by Gasteiger charge is 2.26. The summed E-state index contributed by atoms with van der Waals surface area (Å²) in [5.74, 6) is 1.56. The number of hydrogen-bond donors (Lipinski definition) is 0. The maximum Gasteiger partial charge on any atom is 0.225 e. The molecule has 0 saturated heterocycles. The standard InChI is InChI=1S/C13H25NO/c1-4-10-14(5-2)13(15)12-8-6-11(3)7-9-12/h11-12H,4-10H2,1-3H3/t11-,12-. The van der Waals surface area contributed by atoms with Crippen LogP contribution in [0.2, 0.25) is 0 Å². The fourth-order valence-electron chi connectivity index (χ4n) is 2.46. The first-order valence-electron chi connectivity index (χ1n) is 6.47. The SMILES string of the molecule is CCCN(CC)C(=O)[C@H]1CC[C@H](C)CC1. The Hall–Kier alpha value is -0.530. The van der Waals surface area contributed by atoms with Crippen molar-refractivity contribution in [3.8, 4) is 0 Å². The maximum absolute atomic E-state index is 12.2. The van der Waals surface area contributed by atoms with E-state index in [2.05, 4.69) is 20.8 Å². The van der Waals surface area contributed by atoms with E-state index in [0.29, 0.717) is 11.8 Å². The van der Waals surface area contributed by atoms with Gasteiger partial charge in [-0.15, -0.1) is 0 Å². The smallest absolute Gasteiger partial charge is 0.225 e. The summed E-state index contributed by atoms with van der Waals surface area (Å²) in [6.07, 6.45) is 5.77. The van der Waals surface area contributed by atoms with Crippen molar-refractivity contribution in [3.05, 3.63) is 0 Å². The minimum Gasteiger partial charge on any atom is -0.343 e. The Bertz CT molecular complexity index is 195. The van der Waals surface area contributed by atoms with Crippen LogP contribution in [0.25, 0.3) is 0 Å². The second-order valence-electron chi connectivity index (χ2n) is 4.87. The molecule has 2 heteroatoms. The molecule has 0 radical (unpaired) electrons. The largest absolute Gasteiger partial charge is 0.343 e. The lowest BCUT2D eigenvalue weighted by Crippen LogP contribution is -2.37. The van der Waals surface area contributed by atoms with E-state index in [0.717, 1.165) is 38.3 Å². The molecule has 2 nitrogen and oxygen atoms in total. The third-order valence-electron chi connectivity index (χ3n) is 3.55. The van der Waals surface area contributed by atoms with Crippen molar-refractivity contribution < 1.29 is 4.79 Å². The molecular weight excluding hydrogens is 186 g/mol. The fourth-order valence-corrected chi connectivity index (χ4v) is 2.46. The summed E-state index contributed by atoms with van der Waals surface area (Å²) < 4.78 is 0. The second kappa shape index (κ2) is 6.14. The van der Waals surface area contributed by atoms with Gasteiger partial charge in [0.2, 0.25) is 5.91 Å². The van der Waals surface area contributed by atoms with E-state index < -0.39 is 0 Å². The van der Waals surface area contributed by atoms with E-state index in [1.54, 1.807) is 0 Å². The molecule has 0 spiro atoms. The lowest BCUT2D eigenvalue weighted by Gasteiger charge is -2.30. The van der Waals surface area contributed by atoms with Crippen LogP contribution in [0, 0.1) is 11.8 Å². The van der Waals surface area contributed by atoms with Crippen molar-refractivity contribution in [3.63, 3.8) is 0 Å². The van der Waals surface area contributed by atoms with Gasteiger partial charge in [0.05, 0.1) is 0 Å². The molecule has 1 fully saturated rings. The number of amides is 1. The molecule has 0 unspecified atom stereocenters. The number of carbonyl (C=O) groups excluding carboxylic acids is 1. The predicted molar refractivity (Wildman–Crippen MR) is 63.7 cm³/mol. The van der Waals surface area contributed by atoms with Crippen molar-refractivity contribution >= 4 is 5.91 Å². The molecule has 15 heavy (non-hydrogen) atoms. The fraction of sp³-hybridized carbons (Fsp3) is 0.923. The zero-order valence-electron chi connectivity index (χ0n) is 10.5. The van der Waals surface area contributed by atoms with Gasteiger partial charge in [0, 0.05) is 19.0 Å². The zero-order chi connectivity index (χ0) is 11.3. The first-order chi connectivity index (χ1) is 7.19. The second-order valence-corrected chi connectivity index (χ2v) is 4.87. The molecule has 0 aromatic carbocycles. The van der Waals surface area contributed by atoms with Crippen molar-refractivity contribution in [1.82, 2.24) is 4.90 Å². The van der Waals surface area contributed by atoms with Gasteiger partial charge < -0.3 is 4.90 Å².